The highest BCUT2D eigenvalue weighted by atomic mass is 16.1. The number of aromatic amines is 2. The van der Waals surface area contributed by atoms with Crippen LogP contribution in [0.1, 0.15) is 21.7 Å². The van der Waals surface area contributed by atoms with Gasteiger partial charge in [0.1, 0.15) is 5.65 Å². The minimum absolute atomic E-state index is 0.237. The van der Waals surface area contributed by atoms with E-state index in [0.717, 1.165) is 22.3 Å². The van der Waals surface area contributed by atoms with E-state index >= 15 is 0 Å². The average molecular weight is 255 g/mol. The minimum Gasteiger partial charge on any atom is -0.346 e. The molecule has 0 spiro atoms. The molecule has 0 saturated heterocycles. The van der Waals surface area contributed by atoms with Crippen LogP contribution >= 0.6 is 0 Å². The van der Waals surface area contributed by atoms with Gasteiger partial charge in [-0.15, -0.1) is 0 Å². The number of pyridine rings is 1. The zero-order chi connectivity index (χ0) is 13.4. The van der Waals surface area contributed by atoms with Gasteiger partial charge in [-0.05, 0) is 26.0 Å². The molecule has 0 saturated carbocycles. The van der Waals surface area contributed by atoms with Gasteiger partial charge in [0.25, 0.3) is 5.91 Å². The van der Waals surface area contributed by atoms with Crippen molar-refractivity contribution in [2.24, 2.45) is 0 Å². The lowest BCUT2D eigenvalue weighted by molar-refractivity contribution is 0.102. The number of aryl methyl sites for hydroxylation is 1. The van der Waals surface area contributed by atoms with E-state index in [1.807, 2.05) is 32.2 Å². The van der Waals surface area contributed by atoms with E-state index in [2.05, 4.69) is 25.5 Å². The number of nitrogens with zero attached hydrogens (tertiary/aromatic N) is 2. The van der Waals surface area contributed by atoms with E-state index in [4.69, 9.17) is 0 Å². The van der Waals surface area contributed by atoms with Crippen molar-refractivity contribution in [3.8, 4) is 0 Å². The molecular weight excluding hydrogens is 242 g/mol. The Morgan fingerprint density at radius 2 is 2.21 bits per heavy atom. The molecule has 3 N–H and O–H groups in total. The molecule has 3 heterocycles. The number of fused-ring (bicyclic) bond motifs is 1. The van der Waals surface area contributed by atoms with E-state index in [0.29, 0.717) is 11.4 Å². The summed E-state index contributed by atoms with van der Waals surface area (Å²) < 4.78 is 0. The lowest BCUT2D eigenvalue weighted by atomic mass is 10.2. The largest absolute Gasteiger partial charge is 0.346 e. The Kier molecular flexibility index (Phi) is 2.56. The molecule has 0 radical (unpaired) electrons. The Morgan fingerprint density at radius 1 is 1.37 bits per heavy atom. The zero-order valence-electron chi connectivity index (χ0n) is 10.6. The van der Waals surface area contributed by atoms with Crippen LogP contribution in [0, 0.1) is 13.8 Å². The molecule has 1 amide bonds. The second-order valence-corrected chi connectivity index (χ2v) is 4.42. The molecule has 0 aliphatic heterocycles. The Balaban J connectivity index is 1.88. The lowest BCUT2D eigenvalue weighted by Crippen LogP contribution is -2.13. The maximum atomic E-state index is 12.1. The Morgan fingerprint density at radius 3 is 2.95 bits per heavy atom. The van der Waals surface area contributed by atoms with Gasteiger partial charge in [0.05, 0.1) is 11.9 Å². The molecule has 0 atom stereocenters. The SMILES string of the molecule is Cc1[nH]nc(C(=O)Nc2cnc3[nH]ccc3c2)c1C. The summed E-state index contributed by atoms with van der Waals surface area (Å²) in [7, 11) is 0. The first-order valence-electron chi connectivity index (χ1n) is 5.91. The van der Waals surface area contributed by atoms with Gasteiger partial charge in [0.15, 0.2) is 5.69 Å². The second kappa shape index (κ2) is 4.24. The first-order chi connectivity index (χ1) is 9.15. The number of rotatable bonds is 2. The van der Waals surface area contributed by atoms with Crippen LogP contribution in [-0.4, -0.2) is 26.1 Å². The van der Waals surface area contributed by atoms with Crippen molar-refractivity contribution < 1.29 is 4.79 Å². The number of nitrogens with one attached hydrogen (secondary N) is 3. The van der Waals surface area contributed by atoms with Gasteiger partial charge in [-0.3, -0.25) is 9.89 Å². The molecular formula is C13H13N5O. The van der Waals surface area contributed by atoms with Crippen molar-refractivity contribution in [2.45, 2.75) is 13.8 Å². The van der Waals surface area contributed by atoms with Gasteiger partial charge in [-0.1, -0.05) is 0 Å². The molecule has 0 fully saturated rings. The molecule has 0 unspecified atom stereocenters. The van der Waals surface area contributed by atoms with Gasteiger partial charge in [0, 0.05) is 22.8 Å². The van der Waals surface area contributed by atoms with Gasteiger partial charge in [-0.25, -0.2) is 4.98 Å². The van der Waals surface area contributed by atoms with Gasteiger partial charge in [0.2, 0.25) is 0 Å². The van der Waals surface area contributed by atoms with Gasteiger partial charge in [-0.2, -0.15) is 5.10 Å². The van der Waals surface area contributed by atoms with Crippen LogP contribution in [0.5, 0.6) is 0 Å². The molecule has 96 valence electrons. The van der Waals surface area contributed by atoms with Crippen molar-refractivity contribution >= 4 is 22.6 Å². The maximum Gasteiger partial charge on any atom is 0.276 e. The summed E-state index contributed by atoms with van der Waals surface area (Å²) in [6, 6.07) is 3.77. The fraction of sp³-hybridized carbons (Fsp3) is 0.154. The molecule has 3 aromatic heterocycles. The first-order valence-corrected chi connectivity index (χ1v) is 5.91. The molecule has 6 heteroatoms. The van der Waals surface area contributed by atoms with Crippen LogP contribution in [-0.2, 0) is 0 Å². The van der Waals surface area contributed by atoms with Crippen molar-refractivity contribution in [2.75, 3.05) is 5.32 Å². The summed E-state index contributed by atoms with van der Waals surface area (Å²) in [4.78, 5) is 19.3. The average Bonchev–Trinajstić information content (AvgIpc) is 2.97. The summed E-state index contributed by atoms with van der Waals surface area (Å²) in [5, 5.41) is 10.5. The molecule has 19 heavy (non-hydrogen) atoms. The smallest absolute Gasteiger partial charge is 0.276 e. The van der Waals surface area contributed by atoms with E-state index in [9.17, 15) is 4.79 Å². The van der Waals surface area contributed by atoms with Crippen molar-refractivity contribution in [3.05, 3.63) is 41.5 Å². The zero-order valence-corrected chi connectivity index (χ0v) is 10.6. The van der Waals surface area contributed by atoms with Crippen LogP contribution in [0.4, 0.5) is 5.69 Å². The molecule has 0 aliphatic rings. The number of H-pyrrole nitrogens is 2. The van der Waals surface area contributed by atoms with E-state index < -0.39 is 0 Å². The van der Waals surface area contributed by atoms with E-state index in [1.54, 1.807) is 6.20 Å². The van der Waals surface area contributed by atoms with E-state index in [-0.39, 0.29) is 5.91 Å². The Bertz CT molecular complexity index is 755. The summed E-state index contributed by atoms with van der Waals surface area (Å²) in [6.45, 7) is 3.74. The fourth-order valence-corrected chi connectivity index (χ4v) is 1.90. The van der Waals surface area contributed by atoms with Gasteiger partial charge < -0.3 is 10.3 Å². The summed E-state index contributed by atoms with van der Waals surface area (Å²) in [6.07, 6.45) is 3.43. The summed E-state index contributed by atoms with van der Waals surface area (Å²) in [5.41, 5.74) is 3.60. The van der Waals surface area contributed by atoms with Crippen molar-refractivity contribution in [3.63, 3.8) is 0 Å². The number of hydrogen-bond donors (Lipinski definition) is 3. The topological polar surface area (TPSA) is 86.5 Å². The standard InChI is InChI=1S/C13H13N5O/c1-7-8(2)17-18-11(7)13(19)16-10-5-9-3-4-14-12(9)15-6-10/h3-6H,1-2H3,(H,14,15)(H,16,19)(H,17,18). The number of hydrogen-bond acceptors (Lipinski definition) is 3. The first kappa shape index (κ1) is 11.5. The number of amides is 1. The van der Waals surface area contributed by atoms with Crippen LogP contribution in [0.2, 0.25) is 0 Å². The Hall–Kier alpha value is -2.63. The fourth-order valence-electron chi connectivity index (χ4n) is 1.90. The highest BCUT2D eigenvalue weighted by Gasteiger charge is 2.14. The van der Waals surface area contributed by atoms with Crippen LogP contribution in [0.25, 0.3) is 11.0 Å². The predicted molar refractivity (Wildman–Crippen MR) is 72.1 cm³/mol. The Labute approximate surface area is 109 Å². The molecule has 6 nitrogen and oxygen atoms in total. The number of aromatic nitrogens is 4. The third-order valence-electron chi connectivity index (χ3n) is 3.13. The molecule has 3 aromatic rings. The summed E-state index contributed by atoms with van der Waals surface area (Å²) in [5.74, 6) is -0.237. The monoisotopic (exact) mass is 255 g/mol. The molecule has 3 rings (SSSR count). The van der Waals surface area contributed by atoms with Crippen molar-refractivity contribution in [1.82, 2.24) is 20.2 Å². The van der Waals surface area contributed by atoms with Crippen molar-refractivity contribution in [1.29, 1.82) is 0 Å². The summed E-state index contributed by atoms with van der Waals surface area (Å²) >= 11 is 0. The minimum atomic E-state index is -0.237. The number of anilines is 1. The normalized spacial score (nSPS) is 10.8. The second-order valence-electron chi connectivity index (χ2n) is 4.42. The predicted octanol–water partition coefficient (Wildman–Crippen LogP) is 2.16. The molecule has 0 bridgehead atoms. The highest BCUT2D eigenvalue weighted by molar-refractivity contribution is 6.04. The lowest BCUT2D eigenvalue weighted by Gasteiger charge is -2.03. The van der Waals surface area contributed by atoms with Crippen LogP contribution < -0.4 is 5.32 Å². The number of carbonyl (C=O) groups excluding carboxylic acids is 1. The number of carbonyl (C=O) groups is 1. The van der Waals surface area contributed by atoms with Crippen LogP contribution in [0.3, 0.4) is 0 Å². The van der Waals surface area contributed by atoms with Crippen LogP contribution in [0.15, 0.2) is 24.5 Å². The molecule has 0 aromatic carbocycles. The van der Waals surface area contributed by atoms with E-state index in [1.165, 1.54) is 0 Å². The third kappa shape index (κ3) is 1.97. The quantitative estimate of drug-likeness (QED) is 0.655. The molecule has 0 aliphatic carbocycles. The maximum absolute atomic E-state index is 12.1. The highest BCUT2D eigenvalue weighted by Crippen LogP contribution is 2.16. The third-order valence-corrected chi connectivity index (χ3v) is 3.13. The van der Waals surface area contributed by atoms with Gasteiger partial charge >= 0.3 is 0 Å².